The highest BCUT2D eigenvalue weighted by Gasteiger charge is 2.47. The maximum Gasteiger partial charge on any atom is 0.248 e. The van der Waals surface area contributed by atoms with E-state index in [1.165, 1.54) is 32.8 Å². The topological polar surface area (TPSA) is 66.8 Å². The van der Waals surface area contributed by atoms with E-state index in [1.807, 2.05) is 6.07 Å². The van der Waals surface area contributed by atoms with Gasteiger partial charge in [-0.15, -0.1) is 0 Å². The van der Waals surface area contributed by atoms with Crippen LogP contribution in [0.15, 0.2) is 103 Å². The Kier molecular flexibility index (Phi) is 7.90. The average Bonchev–Trinajstić information content (AvgIpc) is 3.42. The number of nitrogens with zero attached hydrogens (tertiary/aromatic N) is 3. The molecule has 7 heteroatoms. The minimum atomic E-state index is -0.856. The van der Waals surface area contributed by atoms with Gasteiger partial charge in [-0.05, 0) is 54.3 Å². The van der Waals surface area contributed by atoms with E-state index < -0.39 is 11.6 Å². The van der Waals surface area contributed by atoms with E-state index in [1.54, 1.807) is 18.7 Å². The second kappa shape index (κ2) is 12.1. The molecule has 2 saturated heterocycles. The molecular weight excluding hydrogens is 560 g/mol. The summed E-state index contributed by atoms with van der Waals surface area (Å²) in [7, 11) is 0. The van der Waals surface area contributed by atoms with Crippen molar-refractivity contribution in [3.8, 4) is 0 Å². The highest BCUT2D eigenvalue weighted by molar-refractivity contribution is 5.99. The van der Waals surface area contributed by atoms with Crippen LogP contribution in [0.2, 0.25) is 0 Å². The number of piperazine rings is 2. The van der Waals surface area contributed by atoms with E-state index in [0.29, 0.717) is 19.7 Å². The molecule has 45 heavy (non-hydrogen) atoms. The molecule has 0 spiro atoms. The van der Waals surface area contributed by atoms with Crippen LogP contribution < -0.4 is 5.32 Å². The SMILES string of the molecule is CC1(C)NC(=O)C2CN(CCC(OCc3ccc4ccccc4c3)c3cn(Cc4ccccc4)c4ccccc34)CCN2C1=O. The Morgan fingerprint density at radius 3 is 2.47 bits per heavy atom. The molecule has 2 aliphatic rings. The van der Waals surface area contributed by atoms with Gasteiger partial charge in [0.2, 0.25) is 11.8 Å². The molecule has 7 nitrogen and oxygen atoms in total. The third-order valence-corrected chi connectivity index (χ3v) is 9.33. The van der Waals surface area contributed by atoms with Gasteiger partial charge in [0.25, 0.3) is 0 Å². The van der Waals surface area contributed by atoms with Crippen molar-refractivity contribution in [3.05, 3.63) is 120 Å². The van der Waals surface area contributed by atoms with E-state index >= 15 is 0 Å². The number of hydrogen-bond donors (Lipinski definition) is 1. The number of carbonyl (C=O) groups is 2. The van der Waals surface area contributed by atoms with Gasteiger partial charge in [0.05, 0.1) is 12.7 Å². The summed E-state index contributed by atoms with van der Waals surface area (Å²) in [6.07, 6.45) is 2.87. The van der Waals surface area contributed by atoms with Gasteiger partial charge in [-0.25, -0.2) is 0 Å². The molecule has 0 aliphatic carbocycles. The monoisotopic (exact) mass is 600 g/mol. The van der Waals surface area contributed by atoms with E-state index in [2.05, 4.69) is 112 Å². The van der Waals surface area contributed by atoms with Crippen LogP contribution >= 0.6 is 0 Å². The lowest BCUT2D eigenvalue weighted by Crippen LogP contribution is -2.72. The zero-order valence-electron chi connectivity index (χ0n) is 26.0. The summed E-state index contributed by atoms with van der Waals surface area (Å²) in [5, 5.41) is 6.54. The fourth-order valence-electron chi connectivity index (χ4n) is 6.91. The van der Waals surface area contributed by atoms with E-state index in [0.717, 1.165) is 31.6 Å². The molecule has 3 heterocycles. The van der Waals surface area contributed by atoms with Crippen molar-refractivity contribution in [2.75, 3.05) is 26.2 Å². The lowest BCUT2D eigenvalue weighted by Gasteiger charge is -2.48. The van der Waals surface area contributed by atoms with Crippen LogP contribution in [0.1, 0.15) is 43.1 Å². The zero-order chi connectivity index (χ0) is 31.0. The van der Waals surface area contributed by atoms with Crippen molar-refractivity contribution in [2.24, 2.45) is 0 Å². The number of para-hydroxylation sites is 1. The number of fused-ring (bicyclic) bond motifs is 3. The van der Waals surface area contributed by atoms with Gasteiger partial charge in [-0.2, -0.15) is 0 Å². The number of amides is 2. The summed E-state index contributed by atoms with van der Waals surface area (Å²) in [6, 6.07) is 33.6. The first-order valence-corrected chi connectivity index (χ1v) is 15.9. The molecule has 0 bridgehead atoms. The van der Waals surface area contributed by atoms with Crippen LogP contribution in [0, 0.1) is 0 Å². The molecule has 5 aromatic rings. The first-order chi connectivity index (χ1) is 21.9. The number of carbonyl (C=O) groups excluding carboxylic acids is 2. The molecular formula is C38H40N4O3. The summed E-state index contributed by atoms with van der Waals surface area (Å²) >= 11 is 0. The molecule has 0 radical (unpaired) electrons. The molecule has 1 N–H and O–H groups in total. The number of ether oxygens (including phenoxy) is 1. The predicted molar refractivity (Wildman–Crippen MR) is 178 cm³/mol. The van der Waals surface area contributed by atoms with E-state index in [9.17, 15) is 9.59 Å². The van der Waals surface area contributed by atoms with Crippen molar-refractivity contribution in [3.63, 3.8) is 0 Å². The number of aromatic nitrogens is 1. The van der Waals surface area contributed by atoms with E-state index in [-0.39, 0.29) is 17.9 Å². The van der Waals surface area contributed by atoms with Gasteiger partial charge in [0, 0.05) is 55.4 Å². The predicted octanol–water partition coefficient (Wildman–Crippen LogP) is 5.91. The van der Waals surface area contributed by atoms with Gasteiger partial charge in [0.1, 0.15) is 11.6 Å². The van der Waals surface area contributed by atoms with Crippen molar-refractivity contribution in [2.45, 2.75) is 51.1 Å². The minimum absolute atomic E-state index is 0.00503. The summed E-state index contributed by atoms with van der Waals surface area (Å²) in [4.78, 5) is 30.1. The summed E-state index contributed by atoms with van der Waals surface area (Å²) in [6.45, 7) is 7.41. The van der Waals surface area contributed by atoms with Crippen LogP contribution in [0.4, 0.5) is 0 Å². The van der Waals surface area contributed by atoms with Crippen LogP contribution in [0.3, 0.4) is 0 Å². The van der Waals surface area contributed by atoms with Gasteiger partial charge in [0.15, 0.2) is 0 Å². The molecule has 1 aromatic heterocycles. The maximum atomic E-state index is 13.0. The molecule has 4 aromatic carbocycles. The third-order valence-electron chi connectivity index (χ3n) is 9.33. The van der Waals surface area contributed by atoms with Gasteiger partial charge in [-0.3, -0.25) is 14.5 Å². The summed E-state index contributed by atoms with van der Waals surface area (Å²) in [5.74, 6) is -0.0769. The molecule has 7 rings (SSSR count). The van der Waals surface area contributed by atoms with Crippen molar-refractivity contribution < 1.29 is 14.3 Å². The number of nitrogens with one attached hydrogen (secondary N) is 1. The maximum absolute atomic E-state index is 13.0. The Bertz CT molecular complexity index is 1850. The largest absolute Gasteiger partial charge is 0.369 e. The molecule has 2 amide bonds. The van der Waals surface area contributed by atoms with Crippen molar-refractivity contribution >= 4 is 33.5 Å². The summed E-state index contributed by atoms with van der Waals surface area (Å²) in [5.41, 5.74) is 3.89. The molecule has 2 atom stereocenters. The van der Waals surface area contributed by atoms with Crippen LogP contribution in [-0.2, 0) is 27.5 Å². The quantitative estimate of drug-likeness (QED) is 0.228. The normalized spacial score (nSPS) is 19.1. The fraction of sp³-hybridized carbons (Fsp3) is 0.316. The van der Waals surface area contributed by atoms with Crippen molar-refractivity contribution in [1.29, 1.82) is 0 Å². The molecule has 2 aliphatic heterocycles. The Morgan fingerprint density at radius 1 is 0.867 bits per heavy atom. The zero-order valence-corrected chi connectivity index (χ0v) is 26.0. The highest BCUT2D eigenvalue weighted by atomic mass is 16.5. The lowest BCUT2D eigenvalue weighted by molar-refractivity contribution is -0.157. The lowest BCUT2D eigenvalue weighted by atomic mass is 9.95. The van der Waals surface area contributed by atoms with Gasteiger partial charge < -0.3 is 19.5 Å². The molecule has 2 fully saturated rings. The Morgan fingerprint density at radius 2 is 1.62 bits per heavy atom. The van der Waals surface area contributed by atoms with Crippen LogP contribution in [0.5, 0.6) is 0 Å². The summed E-state index contributed by atoms with van der Waals surface area (Å²) < 4.78 is 9.14. The first kappa shape index (κ1) is 29.3. The van der Waals surface area contributed by atoms with Gasteiger partial charge >= 0.3 is 0 Å². The highest BCUT2D eigenvalue weighted by Crippen LogP contribution is 2.33. The average molecular weight is 601 g/mol. The second-order valence-electron chi connectivity index (χ2n) is 12.9. The van der Waals surface area contributed by atoms with Crippen LogP contribution in [-0.4, -0.2) is 63.9 Å². The minimum Gasteiger partial charge on any atom is -0.369 e. The smallest absolute Gasteiger partial charge is 0.248 e. The Hall–Kier alpha value is -4.46. The second-order valence-corrected chi connectivity index (χ2v) is 12.9. The number of hydrogen-bond acceptors (Lipinski definition) is 4. The molecule has 230 valence electrons. The molecule has 0 saturated carbocycles. The van der Waals surface area contributed by atoms with Crippen LogP contribution in [0.25, 0.3) is 21.7 Å². The Balaban J connectivity index is 1.15. The first-order valence-electron chi connectivity index (χ1n) is 15.9. The number of rotatable bonds is 9. The number of benzene rings is 4. The fourth-order valence-corrected chi connectivity index (χ4v) is 6.91. The standard InChI is InChI=1S/C38H40N4O3/c1-38(2)37(44)42-21-20-40(25-34(42)36(43)39-38)19-18-35(45-26-28-16-17-29-12-6-7-13-30(29)22-28)32-24-41(23-27-10-4-3-5-11-27)33-15-9-8-14-31(32)33/h3-17,22,24,34-35H,18-21,23,25-26H2,1-2H3,(H,39,43). The third kappa shape index (κ3) is 5.98. The molecule has 2 unspecified atom stereocenters. The van der Waals surface area contributed by atoms with Crippen molar-refractivity contribution in [1.82, 2.24) is 19.7 Å². The van der Waals surface area contributed by atoms with Gasteiger partial charge in [-0.1, -0.05) is 84.9 Å². The Labute approximate surface area is 264 Å². The van der Waals surface area contributed by atoms with E-state index in [4.69, 9.17) is 4.74 Å².